The van der Waals surface area contributed by atoms with Gasteiger partial charge >= 0.3 is 5.97 Å². The first kappa shape index (κ1) is 24.7. The molecule has 0 atom stereocenters. The average molecular weight is 512 g/mol. The Morgan fingerprint density at radius 2 is 1.71 bits per heavy atom. The van der Waals surface area contributed by atoms with Gasteiger partial charge in [0, 0.05) is 22.9 Å². The van der Waals surface area contributed by atoms with Crippen LogP contribution in [-0.4, -0.2) is 43.9 Å². The minimum absolute atomic E-state index is 0.00132. The van der Waals surface area contributed by atoms with Crippen LogP contribution in [0.5, 0.6) is 0 Å². The second kappa shape index (κ2) is 10.0. The van der Waals surface area contributed by atoms with Gasteiger partial charge in [-0.25, -0.2) is 13.2 Å². The van der Waals surface area contributed by atoms with Gasteiger partial charge in [0.15, 0.2) is 15.3 Å². The molecule has 1 heterocycles. The van der Waals surface area contributed by atoms with Gasteiger partial charge in [0.05, 0.1) is 34.9 Å². The number of halogens is 1. The molecule has 4 rings (SSSR count). The fourth-order valence-electron chi connectivity index (χ4n) is 3.96. The normalized spacial score (nSPS) is 11.5. The van der Waals surface area contributed by atoms with E-state index in [2.05, 4.69) is 4.98 Å². The predicted octanol–water partition coefficient (Wildman–Crippen LogP) is 3.99. The van der Waals surface area contributed by atoms with Gasteiger partial charge in [-0.3, -0.25) is 4.79 Å². The van der Waals surface area contributed by atoms with Gasteiger partial charge in [0.1, 0.15) is 5.69 Å². The van der Waals surface area contributed by atoms with Crippen LogP contribution in [0.2, 0.25) is 5.02 Å². The zero-order chi connectivity index (χ0) is 25.2. The smallest absolute Gasteiger partial charge is 0.354 e. The topological polar surface area (TPSA) is 114 Å². The van der Waals surface area contributed by atoms with E-state index in [-0.39, 0.29) is 33.8 Å². The Kier molecular flexibility index (Phi) is 7.07. The number of methoxy groups -OCH3 is 1. The highest BCUT2D eigenvalue weighted by molar-refractivity contribution is 7.91. The van der Waals surface area contributed by atoms with Crippen LogP contribution in [0.25, 0.3) is 22.0 Å². The number of ether oxygens (including phenoxy) is 1. The van der Waals surface area contributed by atoms with Crippen molar-refractivity contribution in [3.05, 3.63) is 98.8 Å². The van der Waals surface area contributed by atoms with Crippen LogP contribution in [0.4, 0.5) is 0 Å². The molecule has 4 aromatic rings. The van der Waals surface area contributed by atoms with Crippen molar-refractivity contribution < 1.29 is 23.1 Å². The minimum atomic E-state index is -3.60. The molecule has 0 unspecified atom stereocenters. The molecule has 1 aromatic heterocycles. The Morgan fingerprint density at radius 1 is 1.03 bits per heavy atom. The standard InChI is InChI=1S/C26H22ClNO6S/c1-34-26(31)24-20(15-16-7-9-18(10-8-16)35(32,33)14-13-29)25(30)19-11-12-21(27)22(23(19)28-24)17-5-3-2-4-6-17/h2-12,29H,13-15H2,1H3,(H,28,30). The third-order valence-corrected chi connectivity index (χ3v) is 7.73. The number of aromatic nitrogens is 1. The Balaban J connectivity index is 1.87. The zero-order valence-corrected chi connectivity index (χ0v) is 20.3. The van der Waals surface area contributed by atoms with Crippen LogP contribution < -0.4 is 5.43 Å². The Morgan fingerprint density at radius 3 is 2.34 bits per heavy atom. The number of carbonyl (C=O) groups excluding carboxylic acids is 1. The summed E-state index contributed by atoms with van der Waals surface area (Å²) in [5, 5.41) is 9.75. The molecule has 7 nitrogen and oxygen atoms in total. The second-order valence-corrected chi connectivity index (χ2v) is 10.4. The maximum atomic E-state index is 13.6. The lowest BCUT2D eigenvalue weighted by molar-refractivity contribution is 0.0593. The summed E-state index contributed by atoms with van der Waals surface area (Å²) in [6.07, 6.45) is 0.0688. The number of rotatable bonds is 7. The highest BCUT2D eigenvalue weighted by atomic mass is 35.5. The molecule has 0 aliphatic rings. The first-order valence-electron chi connectivity index (χ1n) is 10.7. The van der Waals surface area contributed by atoms with Gasteiger partial charge < -0.3 is 14.8 Å². The van der Waals surface area contributed by atoms with E-state index in [0.717, 1.165) is 5.56 Å². The van der Waals surface area contributed by atoms with E-state index < -0.39 is 22.4 Å². The summed E-state index contributed by atoms with van der Waals surface area (Å²) in [6.45, 7) is -0.478. The molecular formula is C26H22ClNO6S. The minimum Gasteiger partial charge on any atom is -0.464 e. The summed E-state index contributed by atoms with van der Waals surface area (Å²) in [5.41, 5.74) is 2.26. The zero-order valence-electron chi connectivity index (χ0n) is 18.7. The van der Waals surface area contributed by atoms with Crippen molar-refractivity contribution in [2.24, 2.45) is 0 Å². The maximum absolute atomic E-state index is 13.6. The van der Waals surface area contributed by atoms with E-state index in [1.165, 1.54) is 19.2 Å². The molecule has 0 saturated heterocycles. The molecule has 0 amide bonds. The number of H-pyrrole nitrogens is 1. The molecule has 0 spiro atoms. The molecule has 0 radical (unpaired) electrons. The number of nitrogens with one attached hydrogen (secondary N) is 1. The molecule has 0 bridgehead atoms. The number of hydrogen-bond donors (Lipinski definition) is 2. The summed E-state index contributed by atoms with van der Waals surface area (Å²) >= 11 is 6.50. The van der Waals surface area contributed by atoms with Crippen molar-refractivity contribution in [1.82, 2.24) is 4.98 Å². The number of hydrogen-bond acceptors (Lipinski definition) is 6. The summed E-state index contributed by atoms with van der Waals surface area (Å²) in [4.78, 5) is 29.4. The number of aromatic amines is 1. The molecule has 0 saturated carbocycles. The molecular weight excluding hydrogens is 490 g/mol. The van der Waals surface area contributed by atoms with Crippen molar-refractivity contribution in [3.8, 4) is 11.1 Å². The van der Waals surface area contributed by atoms with E-state index in [9.17, 15) is 18.0 Å². The first-order valence-corrected chi connectivity index (χ1v) is 12.7. The molecule has 0 aliphatic carbocycles. The van der Waals surface area contributed by atoms with E-state index >= 15 is 0 Å². The number of benzene rings is 3. The first-order chi connectivity index (χ1) is 16.8. The van der Waals surface area contributed by atoms with Crippen LogP contribution in [0.15, 0.2) is 76.4 Å². The molecule has 2 N–H and O–H groups in total. The fraction of sp³-hybridized carbons (Fsp3) is 0.154. The van der Waals surface area contributed by atoms with Crippen molar-refractivity contribution in [2.45, 2.75) is 11.3 Å². The predicted molar refractivity (Wildman–Crippen MR) is 135 cm³/mol. The largest absolute Gasteiger partial charge is 0.464 e. The van der Waals surface area contributed by atoms with Gasteiger partial charge in [0.2, 0.25) is 0 Å². The monoisotopic (exact) mass is 511 g/mol. The molecule has 9 heteroatoms. The summed E-state index contributed by atoms with van der Waals surface area (Å²) in [6, 6.07) is 18.5. The lowest BCUT2D eigenvalue weighted by atomic mass is 9.97. The highest BCUT2D eigenvalue weighted by Gasteiger charge is 2.22. The van der Waals surface area contributed by atoms with E-state index in [1.54, 1.807) is 24.3 Å². The van der Waals surface area contributed by atoms with Crippen LogP contribution in [0, 0.1) is 0 Å². The van der Waals surface area contributed by atoms with E-state index in [0.29, 0.717) is 27.1 Å². The average Bonchev–Trinajstić information content (AvgIpc) is 2.85. The Hall–Kier alpha value is -3.46. The molecule has 35 heavy (non-hydrogen) atoms. The maximum Gasteiger partial charge on any atom is 0.354 e. The molecule has 0 fully saturated rings. The van der Waals surface area contributed by atoms with Crippen molar-refractivity contribution in [1.29, 1.82) is 0 Å². The van der Waals surface area contributed by atoms with Crippen LogP contribution in [0.3, 0.4) is 0 Å². The highest BCUT2D eigenvalue weighted by Crippen LogP contribution is 2.34. The number of sulfone groups is 1. The lowest BCUT2D eigenvalue weighted by Gasteiger charge is -2.14. The number of pyridine rings is 1. The number of aliphatic hydroxyl groups is 1. The SMILES string of the molecule is COC(=O)c1[nH]c2c(-c3ccccc3)c(Cl)ccc2c(=O)c1Cc1ccc(S(=O)(=O)CCO)cc1. The van der Waals surface area contributed by atoms with Crippen LogP contribution in [0.1, 0.15) is 21.6 Å². The van der Waals surface area contributed by atoms with Crippen molar-refractivity contribution in [2.75, 3.05) is 19.5 Å². The lowest BCUT2D eigenvalue weighted by Crippen LogP contribution is -2.20. The van der Waals surface area contributed by atoms with E-state index in [4.69, 9.17) is 21.4 Å². The van der Waals surface area contributed by atoms with Crippen molar-refractivity contribution in [3.63, 3.8) is 0 Å². The third kappa shape index (κ3) is 4.86. The van der Waals surface area contributed by atoms with Gasteiger partial charge in [-0.2, -0.15) is 0 Å². The van der Waals surface area contributed by atoms with Gasteiger partial charge in [-0.1, -0.05) is 54.1 Å². The third-order valence-electron chi connectivity index (χ3n) is 5.70. The second-order valence-electron chi connectivity index (χ2n) is 7.87. The van der Waals surface area contributed by atoms with Gasteiger partial charge in [0.25, 0.3) is 0 Å². The molecule has 180 valence electrons. The Labute approximate surface area is 206 Å². The van der Waals surface area contributed by atoms with Gasteiger partial charge in [-0.15, -0.1) is 0 Å². The van der Waals surface area contributed by atoms with Crippen molar-refractivity contribution >= 4 is 38.3 Å². The van der Waals surface area contributed by atoms with E-state index in [1.807, 2.05) is 30.3 Å². The van der Waals surface area contributed by atoms with Crippen LogP contribution >= 0.6 is 11.6 Å². The van der Waals surface area contributed by atoms with Gasteiger partial charge in [-0.05, 0) is 35.4 Å². The summed E-state index contributed by atoms with van der Waals surface area (Å²) in [7, 11) is -2.37. The fourth-order valence-corrected chi connectivity index (χ4v) is 5.26. The quantitative estimate of drug-likeness (QED) is 0.363. The number of fused-ring (bicyclic) bond motifs is 1. The molecule has 0 aliphatic heterocycles. The molecule has 3 aromatic carbocycles. The number of carbonyl (C=O) groups is 1. The summed E-state index contributed by atoms with van der Waals surface area (Å²) < 4.78 is 29.3. The van der Waals surface area contributed by atoms with Crippen LogP contribution in [-0.2, 0) is 21.0 Å². The summed E-state index contributed by atoms with van der Waals surface area (Å²) in [5.74, 6) is -1.09. The number of aliphatic hydroxyl groups excluding tert-OH is 1. The number of esters is 1. The Bertz CT molecular complexity index is 1560.